The summed E-state index contributed by atoms with van der Waals surface area (Å²) in [5.41, 5.74) is 3.24. The Bertz CT molecular complexity index is 653. The summed E-state index contributed by atoms with van der Waals surface area (Å²) in [5, 5.41) is 11.9. The van der Waals surface area contributed by atoms with E-state index in [0.717, 1.165) is 22.4 Å². The van der Waals surface area contributed by atoms with Crippen LogP contribution in [-0.4, -0.2) is 42.8 Å². The normalized spacial score (nSPS) is 11.7. The molecule has 24 heavy (non-hydrogen) atoms. The van der Waals surface area contributed by atoms with Gasteiger partial charge in [-0.2, -0.15) is 0 Å². The van der Waals surface area contributed by atoms with Gasteiger partial charge in [0.25, 0.3) is 0 Å². The minimum Gasteiger partial charge on any atom is -0.497 e. The Morgan fingerprint density at radius 3 is 2.17 bits per heavy atom. The number of nitrogens with zero attached hydrogens (tertiary/aromatic N) is 1. The highest BCUT2D eigenvalue weighted by molar-refractivity contribution is 5.74. The number of urea groups is 1. The van der Waals surface area contributed by atoms with Crippen molar-refractivity contribution in [2.24, 2.45) is 0 Å². The summed E-state index contributed by atoms with van der Waals surface area (Å²) < 4.78 is 5.16. The second kappa shape index (κ2) is 8.36. The highest BCUT2D eigenvalue weighted by Gasteiger charge is 2.13. The predicted octanol–water partition coefficient (Wildman–Crippen LogP) is 2.88. The molecule has 0 radical (unpaired) electrons. The number of amides is 2. The first-order valence-corrected chi connectivity index (χ1v) is 7.90. The Kier molecular flexibility index (Phi) is 6.21. The van der Waals surface area contributed by atoms with E-state index in [4.69, 9.17) is 9.84 Å². The zero-order valence-corrected chi connectivity index (χ0v) is 14.3. The molecule has 2 aromatic rings. The van der Waals surface area contributed by atoms with E-state index in [2.05, 4.69) is 5.32 Å². The minimum absolute atomic E-state index is 0.0551. The van der Waals surface area contributed by atoms with Gasteiger partial charge in [0.15, 0.2) is 0 Å². The Hall–Kier alpha value is -2.53. The van der Waals surface area contributed by atoms with Gasteiger partial charge in [-0.15, -0.1) is 0 Å². The Morgan fingerprint density at radius 2 is 1.67 bits per heavy atom. The van der Waals surface area contributed by atoms with Crippen LogP contribution in [0.3, 0.4) is 0 Å². The SMILES string of the molecule is COc1ccc(-c2ccc(CNC(=O)N(C)C(C)CO)cc2)cc1. The van der Waals surface area contributed by atoms with Gasteiger partial charge in [0.05, 0.1) is 19.8 Å². The van der Waals surface area contributed by atoms with E-state index in [-0.39, 0.29) is 18.7 Å². The van der Waals surface area contributed by atoms with Crippen molar-refractivity contribution in [3.05, 3.63) is 54.1 Å². The second-order valence-electron chi connectivity index (χ2n) is 5.73. The largest absolute Gasteiger partial charge is 0.497 e. The summed E-state index contributed by atoms with van der Waals surface area (Å²) in [7, 11) is 3.32. The molecule has 0 saturated heterocycles. The highest BCUT2D eigenvalue weighted by Crippen LogP contribution is 2.22. The number of hydrogen-bond acceptors (Lipinski definition) is 3. The predicted molar refractivity (Wildman–Crippen MR) is 95.0 cm³/mol. The van der Waals surface area contributed by atoms with Crippen LogP contribution in [0.2, 0.25) is 0 Å². The molecule has 5 nitrogen and oxygen atoms in total. The first kappa shape index (κ1) is 17.8. The monoisotopic (exact) mass is 328 g/mol. The first-order chi connectivity index (χ1) is 11.5. The van der Waals surface area contributed by atoms with Gasteiger partial charge in [-0.1, -0.05) is 36.4 Å². The lowest BCUT2D eigenvalue weighted by atomic mass is 10.0. The number of aliphatic hydroxyl groups excluding tert-OH is 1. The number of ether oxygens (including phenoxy) is 1. The van der Waals surface area contributed by atoms with E-state index in [0.29, 0.717) is 6.54 Å². The standard InChI is InChI=1S/C19H24N2O3/c1-14(13-22)21(2)19(23)20-12-15-4-6-16(7-5-15)17-8-10-18(24-3)11-9-17/h4-11,14,22H,12-13H2,1-3H3,(H,20,23). The number of likely N-dealkylation sites (N-methyl/N-ethyl adjacent to an activating group) is 1. The molecule has 1 atom stereocenters. The molecular formula is C19H24N2O3. The zero-order chi connectivity index (χ0) is 17.5. The van der Waals surface area contributed by atoms with Crippen molar-refractivity contribution in [1.29, 1.82) is 0 Å². The lowest BCUT2D eigenvalue weighted by Gasteiger charge is -2.23. The Morgan fingerprint density at radius 1 is 1.12 bits per heavy atom. The molecule has 2 N–H and O–H groups in total. The molecule has 0 aliphatic rings. The average Bonchev–Trinajstić information content (AvgIpc) is 2.65. The van der Waals surface area contributed by atoms with Gasteiger partial charge >= 0.3 is 6.03 Å². The smallest absolute Gasteiger partial charge is 0.317 e. The van der Waals surface area contributed by atoms with Crippen LogP contribution in [0.25, 0.3) is 11.1 Å². The molecule has 0 saturated carbocycles. The fraction of sp³-hybridized carbons (Fsp3) is 0.316. The van der Waals surface area contributed by atoms with Crippen molar-refractivity contribution in [1.82, 2.24) is 10.2 Å². The van der Waals surface area contributed by atoms with Crippen LogP contribution >= 0.6 is 0 Å². The van der Waals surface area contributed by atoms with Gasteiger partial charge in [0.1, 0.15) is 5.75 Å². The van der Waals surface area contributed by atoms with E-state index < -0.39 is 0 Å². The van der Waals surface area contributed by atoms with Gasteiger partial charge in [0, 0.05) is 13.6 Å². The topological polar surface area (TPSA) is 61.8 Å². The summed E-state index contributed by atoms with van der Waals surface area (Å²) in [6, 6.07) is 15.5. The van der Waals surface area contributed by atoms with Crippen LogP contribution < -0.4 is 10.1 Å². The van der Waals surface area contributed by atoms with Gasteiger partial charge in [-0.25, -0.2) is 4.79 Å². The molecule has 2 aromatic carbocycles. The summed E-state index contributed by atoms with van der Waals surface area (Å²) in [6.07, 6.45) is 0. The van der Waals surface area contributed by atoms with Gasteiger partial charge in [0.2, 0.25) is 0 Å². The van der Waals surface area contributed by atoms with Crippen molar-refractivity contribution >= 4 is 6.03 Å². The van der Waals surface area contributed by atoms with Gasteiger partial charge < -0.3 is 20.1 Å². The van der Waals surface area contributed by atoms with E-state index >= 15 is 0 Å². The maximum atomic E-state index is 12.0. The third kappa shape index (κ3) is 4.49. The van der Waals surface area contributed by atoms with Crippen LogP contribution in [-0.2, 0) is 6.54 Å². The number of methoxy groups -OCH3 is 1. The molecule has 2 amide bonds. The number of aliphatic hydroxyl groups is 1. The fourth-order valence-electron chi connectivity index (χ4n) is 2.22. The zero-order valence-electron chi connectivity index (χ0n) is 14.3. The van der Waals surface area contributed by atoms with Crippen molar-refractivity contribution in [3.8, 4) is 16.9 Å². The summed E-state index contributed by atoms with van der Waals surface area (Å²) in [4.78, 5) is 13.4. The lowest BCUT2D eigenvalue weighted by molar-refractivity contribution is 0.157. The van der Waals surface area contributed by atoms with Crippen molar-refractivity contribution in [3.63, 3.8) is 0 Å². The molecule has 128 valence electrons. The highest BCUT2D eigenvalue weighted by atomic mass is 16.5. The maximum absolute atomic E-state index is 12.0. The maximum Gasteiger partial charge on any atom is 0.317 e. The summed E-state index contributed by atoms with van der Waals surface area (Å²) in [5.74, 6) is 0.833. The molecule has 0 heterocycles. The van der Waals surface area contributed by atoms with Crippen LogP contribution in [0, 0.1) is 0 Å². The molecule has 0 spiro atoms. The molecule has 0 aromatic heterocycles. The van der Waals surface area contributed by atoms with Crippen molar-refractivity contribution < 1.29 is 14.6 Å². The summed E-state index contributed by atoms with van der Waals surface area (Å²) >= 11 is 0. The number of carbonyl (C=O) groups excluding carboxylic acids is 1. The van der Waals surface area contributed by atoms with Crippen LogP contribution in [0.4, 0.5) is 4.79 Å². The third-order valence-corrected chi connectivity index (χ3v) is 4.07. The molecule has 5 heteroatoms. The van der Waals surface area contributed by atoms with Crippen LogP contribution in [0.15, 0.2) is 48.5 Å². The molecule has 0 aliphatic carbocycles. The van der Waals surface area contributed by atoms with Crippen LogP contribution in [0.1, 0.15) is 12.5 Å². The van der Waals surface area contributed by atoms with Crippen LogP contribution in [0.5, 0.6) is 5.75 Å². The number of rotatable bonds is 6. The van der Waals surface area contributed by atoms with E-state index in [1.807, 2.05) is 48.5 Å². The first-order valence-electron chi connectivity index (χ1n) is 7.90. The fourth-order valence-corrected chi connectivity index (χ4v) is 2.22. The molecule has 0 fully saturated rings. The molecular weight excluding hydrogens is 304 g/mol. The van der Waals surface area contributed by atoms with Gasteiger partial charge in [-0.3, -0.25) is 0 Å². The Labute approximate surface area is 142 Å². The van der Waals surface area contributed by atoms with E-state index in [1.54, 1.807) is 21.1 Å². The van der Waals surface area contributed by atoms with E-state index in [1.165, 1.54) is 4.90 Å². The molecule has 0 bridgehead atoms. The molecule has 2 rings (SSSR count). The van der Waals surface area contributed by atoms with Crippen molar-refractivity contribution in [2.45, 2.75) is 19.5 Å². The Balaban J connectivity index is 1.95. The average molecular weight is 328 g/mol. The third-order valence-electron chi connectivity index (χ3n) is 4.07. The summed E-state index contributed by atoms with van der Waals surface area (Å²) in [6.45, 7) is 2.19. The van der Waals surface area contributed by atoms with Crippen molar-refractivity contribution in [2.75, 3.05) is 20.8 Å². The lowest BCUT2D eigenvalue weighted by Crippen LogP contribution is -2.43. The van der Waals surface area contributed by atoms with Gasteiger partial charge in [-0.05, 0) is 35.7 Å². The number of benzene rings is 2. The molecule has 0 aliphatic heterocycles. The van der Waals surface area contributed by atoms with E-state index in [9.17, 15) is 4.79 Å². The number of carbonyl (C=O) groups is 1. The number of nitrogens with one attached hydrogen (secondary N) is 1. The second-order valence-corrected chi connectivity index (χ2v) is 5.73. The molecule has 1 unspecified atom stereocenters. The minimum atomic E-state index is -0.206. The quantitative estimate of drug-likeness (QED) is 0.857. The number of hydrogen-bond donors (Lipinski definition) is 2.